The van der Waals surface area contributed by atoms with Crippen molar-refractivity contribution < 1.29 is 13.2 Å². The lowest BCUT2D eigenvalue weighted by Gasteiger charge is -2.45. The van der Waals surface area contributed by atoms with Crippen LogP contribution in [0.15, 0.2) is 58.3 Å². The van der Waals surface area contributed by atoms with Crippen LogP contribution in [0.1, 0.15) is 11.3 Å². The molecule has 0 radical (unpaired) electrons. The van der Waals surface area contributed by atoms with E-state index in [9.17, 15) is 8.42 Å². The fourth-order valence-corrected chi connectivity index (χ4v) is 6.09. The van der Waals surface area contributed by atoms with Crippen LogP contribution in [0, 0.1) is 0 Å². The molecule has 6 nitrogen and oxygen atoms in total. The van der Waals surface area contributed by atoms with Crippen molar-refractivity contribution >= 4 is 21.4 Å². The number of fused-ring (bicyclic) bond motifs is 2. The largest absolute Gasteiger partial charge is 0.361 e. The highest BCUT2D eigenvalue weighted by Crippen LogP contribution is 2.45. The van der Waals surface area contributed by atoms with E-state index in [-0.39, 0.29) is 0 Å². The summed E-state index contributed by atoms with van der Waals surface area (Å²) in [6.07, 6.45) is 1.78. The number of thiophene rings is 1. The van der Waals surface area contributed by atoms with Gasteiger partial charge in [0.15, 0.2) is 5.82 Å². The molecule has 2 aromatic heterocycles. The van der Waals surface area contributed by atoms with Gasteiger partial charge in [0.1, 0.15) is 9.81 Å². The van der Waals surface area contributed by atoms with Crippen LogP contribution in [0.2, 0.25) is 0 Å². The van der Waals surface area contributed by atoms with Gasteiger partial charge in [-0.05, 0) is 11.4 Å². The molecule has 1 fully saturated rings. The van der Waals surface area contributed by atoms with E-state index < -0.39 is 15.6 Å². The van der Waals surface area contributed by atoms with E-state index in [0.29, 0.717) is 29.7 Å². The van der Waals surface area contributed by atoms with Gasteiger partial charge in [-0.3, -0.25) is 0 Å². The van der Waals surface area contributed by atoms with Crippen molar-refractivity contribution in [2.45, 2.75) is 16.4 Å². The smallest absolute Gasteiger partial charge is 0.252 e. The third-order valence-electron chi connectivity index (χ3n) is 4.83. The molecule has 0 amide bonds. The van der Waals surface area contributed by atoms with Crippen LogP contribution >= 0.6 is 11.3 Å². The maximum Gasteiger partial charge on any atom is 0.252 e. The van der Waals surface area contributed by atoms with E-state index in [1.165, 1.54) is 15.6 Å². The topological polar surface area (TPSA) is 72.4 Å². The predicted molar refractivity (Wildman–Crippen MR) is 97.0 cm³/mol. The van der Waals surface area contributed by atoms with E-state index in [4.69, 9.17) is 4.74 Å². The van der Waals surface area contributed by atoms with E-state index in [2.05, 4.69) is 9.97 Å². The van der Waals surface area contributed by atoms with Gasteiger partial charge in [0.05, 0.1) is 12.3 Å². The zero-order valence-electron chi connectivity index (χ0n) is 13.7. The SMILES string of the molecule is O=S(=O)(c1cccs1)N1CC2(C1)OCc1nc(-c3ccccc3)ncc12. The van der Waals surface area contributed by atoms with Gasteiger partial charge in [0.2, 0.25) is 0 Å². The Morgan fingerprint density at radius 2 is 1.92 bits per heavy atom. The molecule has 0 atom stereocenters. The fourth-order valence-electron chi connectivity index (χ4n) is 3.41. The molecule has 1 spiro atoms. The molecule has 132 valence electrons. The number of hydrogen-bond acceptors (Lipinski definition) is 6. The van der Waals surface area contributed by atoms with Crippen LogP contribution < -0.4 is 0 Å². The van der Waals surface area contributed by atoms with Crippen molar-refractivity contribution in [2.75, 3.05) is 13.1 Å². The summed E-state index contributed by atoms with van der Waals surface area (Å²) in [5.74, 6) is 0.660. The molecular formula is C18H15N3O3S2. The van der Waals surface area contributed by atoms with Gasteiger partial charge in [0.25, 0.3) is 10.0 Å². The summed E-state index contributed by atoms with van der Waals surface area (Å²) in [5.41, 5.74) is 2.07. The minimum absolute atomic E-state index is 0.300. The summed E-state index contributed by atoms with van der Waals surface area (Å²) >= 11 is 1.23. The first-order valence-corrected chi connectivity index (χ1v) is 10.5. The number of rotatable bonds is 3. The number of sulfonamides is 1. The summed E-state index contributed by atoms with van der Waals surface area (Å²) in [5, 5.41) is 1.77. The highest BCUT2D eigenvalue weighted by molar-refractivity contribution is 7.91. The maximum atomic E-state index is 12.6. The summed E-state index contributed by atoms with van der Waals surface area (Å²) in [6.45, 7) is 0.979. The van der Waals surface area contributed by atoms with E-state index in [0.717, 1.165) is 16.8 Å². The second-order valence-corrected chi connectivity index (χ2v) is 9.52. The van der Waals surface area contributed by atoms with Crippen molar-refractivity contribution in [3.63, 3.8) is 0 Å². The monoisotopic (exact) mass is 385 g/mol. The van der Waals surface area contributed by atoms with Gasteiger partial charge in [-0.1, -0.05) is 36.4 Å². The Kier molecular flexibility index (Phi) is 3.51. The Hall–Kier alpha value is -2.13. The van der Waals surface area contributed by atoms with Crippen LogP contribution in [0.4, 0.5) is 0 Å². The lowest BCUT2D eigenvalue weighted by atomic mass is 9.90. The summed E-state index contributed by atoms with van der Waals surface area (Å²) in [7, 11) is -3.45. The third-order valence-corrected chi connectivity index (χ3v) is 7.99. The third kappa shape index (κ3) is 2.34. The first-order chi connectivity index (χ1) is 12.6. The van der Waals surface area contributed by atoms with Gasteiger partial charge in [-0.15, -0.1) is 11.3 Å². The highest BCUT2D eigenvalue weighted by atomic mass is 32.2. The summed E-state index contributed by atoms with van der Waals surface area (Å²) < 4.78 is 33.0. The lowest BCUT2D eigenvalue weighted by Crippen LogP contribution is -2.60. The molecule has 26 heavy (non-hydrogen) atoms. The van der Waals surface area contributed by atoms with Crippen LogP contribution in [-0.4, -0.2) is 35.8 Å². The van der Waals surface area contributed by atoms with Gasteiger partial charge < -0.3 is 4.74 Å². The quantitative estimate of drug-likeness (QED) is 0.693. The van der Waals surface area contributed by atoms with Crippen LogP contribution in [0.5, 0.6) is 0 Å². The summed E-state index contributed by atoms with van der Waals surface area (Å²) in [4.78, 5) is 9.11. The van der Waals surface area contributed by atoms with Gasteiger partial charge in [-0.25, -0.2) is 18.4 Å². The van der Waals surface area contributed by atoms with Crippen LogP contribution in [0.3, 0.4) is 0 Å². The molecule has 1 saturated heterocycles. The molecule has 0 saturated carbocycles. The van der Waals surface area contributed by atoms with Crippen LogP contribution in [-0.2, 0) is 27.0 Å². The van der Waals surface area contributed by atoms with Crippen molar-refractivity contribution in [1.29, 1.82) is 0 Å². The first kappa shape index (κ1) is 16.1. The second kappa shape index (κ2) is 5.68. The second-order valence-electron chi connectivity index (χ2n) is 6.41. The van der Waals surface area contributed by atoms with Crippen molar-refractivity contribution in [3.05, 3.63) is 65.3 Å². The van der Waals surface area contributed by atoms with Gasteiger partial charge in [-0.2, -0.15) is 4.31 Å². The summed E-state index contributed by atoms with van der Waals surface area (Å²) in [6, 6.07) is 13.1. The normalized spacial score (nSPS) is 18.6. The molecule has 0 bridgehead atoms. The molecule has 5 rings (SSSR count). The molecular weight excluding hydrogens is 370 g/mol. The molecule has 1 aromatic carbocycles. The average molecular weight is 385 g/mol. The van der Waals surface area contributed by atoms with E-state index in [1.807, 2.05) is 30.3 Å². The van der Waals surface area contributed by atoms with Crippen molar-refractivity contribution in [3.8, 4) is 11.4 Å². The Bertz CT molecular complexity index is 1060. The zero-order chi connectivity index (χ0) is 17.8. The Morgan fingerprint density at radius 1 is 1.12 bits per heavy atom. The number of ether oxygens (including phenoxy) is 1. The van der Waals surface area contributed by atoms with Crippen molar-refractivity contribution in [1.82, 2.24) is 14.3 Å². The average Bonchev–Trinajstić information content (AvgIpc) is 3.29. The van der Waals surface area contributed by atoms with Gasteiger partial charge >= 0.3 is 0 Å². The first-order valence-electron chi connectivity index (χ1n) is 8.18. The molecule has 0 aliphatic carbocycles. The molecule has 8 heteroatoms. The molecule has 3 aromatic rings. The Labute approximate surface area is 155 Å². The van der Waals surface area contributed by atoms with E-state index >= 15 is 0 Å². The standard InChI is InChI=1S/C18H15N3O3S2/c22-26(23,16-7-4-8-25-16)21-11-18(12-21)14-9-19-17(20-15(14)10-24-18)13-5-2-1-3-6-13/h1-9H,10-12H2. The van der Waals surface area contributed by atoms with Gasteiger partial charge in [0, 0.05) is 30.4 Å². The van der Waals surface area contributed by atoms with E-state index in [1.54, 1.807) is 23.7 Å². The van der Waals surface area contributed by atoms with Crippen molar-refractivity contribution in [2.24, 2.45) is 0 Å². The molecule has 2 aliphatic rings. The minimum Gasteiger partial charge on any atom is -0.361 e. The predicted octanol–water partition coefficient (Wildman–Crippen LogP) is 2.64. The van der Waals surface area contributed by atoms with Crippen LogP contribution in [0.25, 0.3) is 11.4 Å². The fraction of sp³-hybridized carbons (Fsp3) is 0.222. The molecule has 0 unspecified atom stereocenters. The molecule has 0 N–H and O–H groups in total. The lowest BCUT2D eigenvalue weighted by molar-refractivity contribution is -0.112. The Morgan fingerprint density at radius 3 is 2.65 bits per heavy atom. The zero-order valence-corrected chi connectivity index (χ0v) is 15.3. The maximum absolute atomic E-state index is 12.6. The number of benzene rings is 1. The molecule has 4 heterocycles. The molecule has 2 aliphatic heterocycles. The number of hydrogen-bond donors (Lipinski definition) is 0. The highest BCUT2D eigenvalue weighted by Gasteiger charge is 2.55. The number of aromatic nitrogens is 2. The number of nitrogens with zero attached hydrogens (tertiary/aromatic N) is 3. The Balaban J connectivity index is 1.42. The minimum atomic E-state index is -3.45.